The number of nitrogens with two attached hydrogens (primary N) is 1. The maximum Gasteiger partial charge on any atom is 0.151 e. The first-order chi connectivity index (χ1) is 6.59. The van der Waals surface area contributed by atoms with Gasteiger partial charge in [0, 0.05) is 5.75 Å². The van der Waals surface area contributed by atoms with Crippen LogP contribution in [0.25, 0.3) is 0 Å². The molecule has 0 fully saturated rings. The number of nitrogens with one attached hydrogen (secondary N) is 1. The van der Waals surface area contributed by atoms with E-state index in [1.165, 1.54) is 22.9 Å². The maximum absolute atomic E-state index is 7.09. The van der Waals surface area contributed by atoms with E-state index in [-0.39, 0.29) is 17.6 Å². The van der Waals surface area contributed by atoms with Gasteiger partial charge in [0.1, 0.15) is 0 Å². The van der Waals surface area contributed by atoms with E-state index in [0.717, 1.165) is 5.75 Å². The fourth-order valence-corrected chi connectivity index (χ4v) is 1.67. The molecule has 0 aliphatic carbocycles. The first-order valence-corrected chi connectivity index (χ1v) is 5.64. The number of amidine groups is 1. The molecule has 2 nitrogen and oxygen atoms in total. The molecule has 0 saturated carbocycles. The summed E-state index contributed by atoms with van der Waals surface area (Å²) in [4.78, 5) is 0. The van der Waals surface area contributed by atoms with Gasteiger partial charge in [0.15, 0.2) is 5.17 Å². The monoisotopic (exact) mass is 244 g/mol. The number of rotatable bonds is 3. The van der Waals surface area contributed by atoms with E-state index in [2.05, 4.69) is 38.1 Å². The van der Waals surface area contributed by atoms with E-state index in [9.17, 15) is 0 Å². The summed E-state index contributed by atoms with van der Waals surface area (Å²) < 4.78 is 0. The molecule has 0 atom stereocenters. The van der Waals surface area contributed by atoms with Crippen LogP contribution >= 0.6 is 24.2 Å². The molecule has 3 N–H and O–H groups in total. The molecule has 0 aromatic heterocycles. The Kier molecular flexibility index (Phi) is 6.45. The third-order valence-electron chi connectivity index (χ3n) is 2.04. The van der Waals surface area contributed by atoms with Crippen molar-refractivity contribution in [1.29, 1.82) is 5.41 Å². The van der Waals surface area contributed by atoms with Crippen molar-refractivity contribution in [2.45, 2.75) is 25.5 Å². The van der Waals surface area contributed by atoms with Crippen molar-refractivity contribution in [3.05, 3.63) is 35.4 Å². The van der Waals surface area contributed by atoms with E-state index in [1.807, 2.05) is 0 Å². The summed E-state index contributed by atoms with van der Waals surface area (Å²) in [5, 5.41) is 7.27. The van der Waals surface area contributed by atoms with Crippen molar-refractivity contribution in [2.75, 3.05) is 0 Å². The van der Waals surface area contributed by atoms with Gasteiger partial charge in [-0.2, -0.15) is 0 Å². The lowest BCUT2D eigenvalue weighted by molar-refractivity contribution is 0.866. The molecule has 0 amide bonds. The highest BCUT2D eigenvalue weighted by molar-refractivity contribution is 8.13. The molecule has 4 heteroatoms. The number of halogens is 1. The lowest BCUT2D eigenvalue weighted by atomic mass is 10.0. The number of hydrogen-bond donors (Lipinski definition) is 2. The van der Waals surface area contributed by atoms with Gasteiger partial charge in [0.2, 0.25) is 0 Å². The van der Waals surface area contributed by atoms with Gasteiger partial charge in [0.05, 0.1) is 0 Å². The molecule has 0 radical (unpaired) electrons. The molecule has 0 bridgehead atoms. The van der Waals surface area contributed by atoms with Gasteiger partial charge in [-0.1, -0.05) is 49.9 Å². The van der Waals surface area contributed by atoms with Crippen molar-refractivity contribution in [2.24, 2.45) is 5.73 Å². The van der Waals surface area contributed by atoms with Crippen LogP contribution in [-0.4, -0.2) is 5.17 Å². The third kappa shape index (κ3) is 5.09. The number of thioether (sulfide) groups is 1. The molecule has 0 unspecified atom stereocenters. The molecular formula is C11H17ClN2S. The molecule has 0 heterocycles. The van der Waals surface area contributed by atoms with Crippen LogP contribution in [0.1, 0.15) is 30.9 Å². The Morgan fingerprint density at radius 3 is 2.27 bits per heavy atom. The lowest BCUT2D eigenvalue weighted by Crippen LogP contribution is -2.03. The second-order valence-corrected chi connectivity index (χ2v) is 4.57. The van der Waals surface area contributed by atoms with Crippen LogP contribution in [0.15, 0.2) is 24.3 Å². The minimum atomic E-state index is 0. The zero-order chi connectivity index (χ0) is 10.6. The normalized spacial score (nSPS) is 9.80. The summed E-state index contributed by atoms with van der Waals surface area (Å²) >= 11 is 1.36. The second kappa shape index (κ2) is 6.75. The fourth-order valence-electron chi connectivity index (χ4n) is 1.16. The fraction of sp³-hybridized carbons (Fsp3) is 0.364. The van der Waals surface area contributed by atoms with Gasteiger partial charge >= 0.3 is 0 Å². The summed E-state index contributed by atoms with van der Waals surface area (Å²) in [5.74, 6) is 1.36. The molecule has 0 aliphatic rings. The molecule has 15 heavy (non-hydrogen) atoms. The Morgan fingerprint density at radius 1 is 1.33 bits per heavy atom. The van der Waals surface area contributed by atoms with Gasteiger partial charge in [-0.05, 0) is 17.0 Å². The van der Waals surface area contributed by atoms with Crippen molar-refractivity contribution < 1.29 is 0 Å². The summed E-state index contributed by atoms with van der Waals surface area (Å²) in [7, 11) is 0. The molecule has 0 saturated heterocycles. The highest BCUT2D eigenvalue weighted by atomic mass is 35.5. The Balaban J connectivity index is 0.00000196. The average molecular weight is 245 g/mol. The Morgan fingerprint density at radius 2 is 1.87 bits per heavy atom. The second-order valence-electron chi connectivity index (χ2n) is 3.55. The predicted octanol–water partition coefficient (Wildman–Crippen LogP) is 3.36. The van der Waals surface area contributed by atoms with Crippen molar-refractivity contribution in [3.8, 4) is 0 Å². The quantitative estimate of drug-likeness (QED) is 0.633. The van der Waals surface area contributed by atoms with Crippen LogP contribution in [0.2, 0.25) is 0 Å². The molecule has 1 rings (SSSR count). The van der Waals surface area contributed by atoms with Crippen LogP contribution in [0.5, 0.6) is 0 Å². The number of hydrogen-bond acceptors (Lipinski definition) is 2. The predicted molar refractivity (Wildman–Crippen MR) is 71.0 cm³/mol. The summed E-state index contributed by atoms with van der Waals surface area (Å²) in [6.07, 6.45) is 0. The first kappa shape index (κ1) is 14.3. The van der Waals surface area contributed by atoms with Gasteiger partial charge < -0.3 is 5.73 Å². The third-order valence-corrected chi connectivity index (χ3v) is 2.83. The Labute approximate surface area is 102 Å². The Bertz CT molecular complexity index is 309. The summed E-state index contributed by atoms with van der Waals surface area (Å²) in [5.41, 5.74) is 7.83. The van der Waals surface area contributed by atoms with Gasteiger partial charge in [-0.3, -0.25) is 5.41 Å². The molecule has 0 aliphatic heterocycles. The zero-order valence-electron chi connectivity index (χ0n) is 8.99. The standard InChI is InChI=1S/C11H16N2S.ClH/c1-8(2)10-5-3-9(4-6-10)7-14-11(12)13;/h3-6,8H,7H2,1-2H3,(H3,12,13);1H. The van der Waals surface area contributed by atoms with Crippen LogP contribution < -0.4 is 5.73 Å². The molecule has 1 aromatic carbocycles. The molecular weight excluding hydrogens is 228 g/mol. The van der Waals surface area contributed by atoms with Crippen molar-refractivity contribution >= 4 is 29.3 Å². The zero-order valence-corrected chi connectivity index (χ0v) is 10.6. The van der Waals surface area contributed by atoms with Crippen LogP contribution in [-0.2, 0) is 5.75 Å². The summed E-state index contributed by atoms with van der Waals surface area (Å²) in [6.45, 7) is 4.36. The minimum Gasteiger partial charge on any atom is -0.379 e. The average Bonchev–Trinajstić information content (AvgIpc) is 2.15. The first-order valence-electron chi connectivity index (χ1n) is 4.65. The SMILES string of the molecule is CC(C)c1ccc(CSC(=N)N)cc1.Cl. The summed E-state index contributed by atoms with van der Waals surface area (Å²) in [6, 6.07) is 8.48. The van der Waals surface area contributed by atoms with E-state index in [4.69, 9.17) is 11.1 Å². The number of benzene rings is 1. The van der Waals surface area contributed by atoms with Crippen molar-refractivity contribution in [1.82, 2.24) is 0 Å². The van der Waals surface area contributed by atoms with Crippen LogP contribution in [0.3, 0.4) is 0 Å². The van der Waals surface area contributed by atoms with Gasteiger partial charge in [0.25, 0.3) is 0 Å². The largest absolute Gasteiger partial charge is 0.379 e. The van der Waals surface area contributed by atoms with E-state index in [0.29, 0.717) is 5.92 Å². The lowest BCUT2D eigenvalue weighted by Gasteiger charge is -2.06. The van der Waals surface area contributed by atoms with E-state index >= 15 is 0 Å². The van der Waals surface area contributed by atoms with E-state index in [1.54, 1.807) is 0 Å². The highest BCUT2D eigenvalue weighted by Gasteiger charge is 1.99. The Hall–Kier alpha value is -0.670. The highest BCUT2D eigenvalue weighted by Crippen LogP contribution is 2.17. The molecule has 84 valence electrons. The maximum atomic E-state index is 7.09. The topological polar surface area (TPSA) is 49.9 Å². The molecule has 0 spiro atoms. The smallest absolute Gasteiger partial charge is 0.151 e. The van der Waals surface area contributed by atoms with E-state index < -0.39 is 0 Å². The molecule has 1 aromatic rings. The van der Waals surface area contributed by atoms with Gasteiger partial charge in [-0.25, -0.2) is 0 Å². The van der Waals surface area contributed by atoms with Crippen LogP contribution in [0, 0.1) is 5.41 Å². The van der Waals surface area contributed by atoms with Crippen molar-refractivity contribution in [3.63, 3.8) is 0 Å². The van der Waals surface area contributed by atoms with Crippen LogP contribution in [0.4, 0.5) is 0 Å². The minimum absolute atomic E-state index is 0. The van der Waals surface area contributed by atoms with Gasteiger partial charge in [-0.15, -0.1) is 12.4 Å².